The molecule has 0 spiro atoms. The Hall–Kier alpha value is -3.78. The number of alkyl halides is 3. The molecule has 1 atom stereocenters. The summed E-state index contributed by atoms with van der Waals surface area (Å²) in [5.74, 6) is -0.272. The van der Waals surface area contributed by atoms with E-state index in [4.69, 9.17) is 11.6 Å². The van der Waals surface area contributed by atoms with Crippen LogP contribution in [0.25, 0.3) is 22.0 Å². The first kappa shape index (κ1) is 29.2. The molecule has 1 heterocycles. The van der Waals surface area contributed by atoms with Gasteiger partial charge in [-0.05, 0) is 65.9 Å². The lowest BCUT2D eigenvalue weighted by atomic mass is 9.95. The van der Waals surface area contributed by atoms with Crippen LogP contribution in [0.4, 0.5) is 13.2 Å². The Morgan fingerprint density at radius 2 is 1.73 bits per heavy atom. The van der Waals surface area contributed by atoms with Crippen molar-refractivity contribution >= 4 is 34.4 Å². The number of aromatic nitrogens is 1. The van der Waals surface area contributed by atoms with E-state index in [9.17, 15) is 22.8 Å². The Bertz CT molecular complexity index is 1510. The van der Waals surface area contributed by atoms with Gasteiger partial charge in [0.25, 0.3) is 5.91 Å². The number of carbonyl (C=O) groups excluding carboxylic acids is 2. The summed E-state index contributed by atoms with van der Waals surface area (Å²) in [7, 11) is 1.30. The quantitative estimate of drug-likeness (QED) is 0.208. The number of nitrogens with one attached hydrogen (secondary N) is 1. The highest BCUT2D eigenvalue weighted by Gasteiger charge is 2.31. The van der Waals surface area contributed by atoms with Crippen LogP contribution >= 0.6 is 11.6 Å². The number of amides is 1. The van der Waals surface area contributed by atoms with Gasteiger partial charge in [0.2, 0.25) is 0 Å². The smallest absolute Gasteiger partial charge is 0.416 e. The van der Waals surface area contributed by atoms with Crippen molar-refractivity contribution in [3.8, 4) is 11.1 Å². The molecule has 210 valence electrons. The molecule has 5 nitrogen and oxygen atoms in total. The van der Waals surface area contributed by atoms with Crippen molar-refractivity contribution < 1.29 is 27.5 Å². The van der Waals surface area contributed by atoms with Gasteiger partial charge in [-0.2, -0.15) is 13.2 Å². The highest BCUT2D eigenvalue weighted by atomic mass is 35.5. The summed E-state index contributed by atoms with van der Waals surface area (Å²) in [5.41, 5.74) is 2.98. The number of methoxy groups -OCH3 is 1. The van der Waals surface area contributed by atoms with E-state index in [0.717, 1.165) is 40.6 Å². The Balaban J connectivity index is 1.60. The van der Waals surface area contributed by atoms with Crippen LogP contribution in [0.5, 0.6) is 0 Å². The van der Waals surface area contributed by atoms with Crippen molar-refractivity contribution in [1.82, 2.24) is 9.88 Å². The molecule has 1 aromatic heterocycles. The lowest BCUT2D eigenvalue weighted by Gasteiger charge is -2.23. The van der Waals surface area contributed by atoms with Gasteiger partial charge in [0, 0.05) is 39.8 Å². The van der Waals surface area contributed by atoms with E-state index >= 15 is 0 Å². The maximum absolute atomic E-state index is 13.1. The van der Waals surface area contributed by atoms with Crippen molar-refractivity contribution in [3.05, 3.63) is 94.6 Å². The van der Waals surface area contributed by atoms with Crippen LogP contribution in [0.2, 0.25) is 5.02 Å². The van der Waals surface area contributed by atoms with E-state index in [1.165, 1.54) is 13.2 Å². The number of hydrogen-bond donors (Lipinski definition) is 1. The largest absolute Gasteiger partial charge is 0.469 e. The molecule has 4 aromatic rings. The van der Waals surface area contributed by atoms with Crippen LogP contribution in [-0.4, -0.2) is 30.1 Å². The van der Waals surface area contributed by atoms with E-state index in [2.05, 4.69) is 28.5 Å². The average molecular weight is 571 g/mol. The Morgan fingerprint density at radius 1 is 1.00 bits per heavy atom. The van der Waals surface area contributed by atoms with Gasteiger partial charge < -0.3 is 14.6 Å². The standard InChI is InChI=1S/C31H30ClF3N2O3/c1-19(2)16-28(20-4-6-21(7-5-20)30(39)36-14-12-29(38)40-3)37-15-13-23-17-22(8-11-27(23)37)25-10-9-24(18-26(25)32)31(33,34)35/h4-11,13,15,17-19,28H,12,14,16H2,1-3H3,(H,36,39)/t28-/m0/s1. The van der Waals surface area contributed by atoms with E-state index in [1.54, 1.807) is 12.1 Å². The van der Waals surface area contributed by atoms with Gasteiger partial charge in [-0.3, -0.25) is 9.59 Å². The van der Waals surface area contributed by atoms with E-state index in [0.29, 0.717) is 17.0 Å². The maximum atomic E-state index is 13.1. The van der Waals surface area contributed by atoms with Crippen LogP contribution in [0, 0.1) is 5.92 Å². The second-order valence-corrected chi connectivity index (χ2v) is 10.4. The molecule has 0 fully saturated rings. The highest BCUT2D eigenvalue weighted by molar-refractivity contribution is 6.33. The lowest BCUT2D eigenvalue weighted by Crippen LogP contribution is -2.26. The molecule has 0 unspecified atom stereocenters. The minimum Gasteiger partial charge on any atom is -0.469 e. The highest BCUT2D eigenvalue weighted by Crippen LogP contribution is 2.37. The maximum Gasteiger partial charge on any atom is 0.416 e. The normalized spacial score (nSPS) is 12.5. The minimum absolute atomic E-state index is 0.00515. The van der Waals surface area contributed by atoms with Crippen molar-refractivity contribution in [2.45, 2.75) is 38.9 Å². The number of hydrogen-bond acceptors (Lipinski definition) is 3. The zero-order chi connectivity index (χ0) is 29.0. The van der Waals surface area contributed by atoms with E-state index in [-0.39, 0.29) is 35.9 Å². The monoisotopic (exact) mass is 570 g/mol. The number of fused-ring (bicyclic) bond motifs is 1. The first-order valence-corrected chi connectivity index (χ1v) is 13.3. The second kappa shape index (κ2) is 12.2. The summed E-state index contributed by atoms with van der Waals surface area (Å²) in [6, 6.07) is 18.5. The zero-order valence-electron chi connectivity index (χ0n) is 22.4. The molecule has 0 aliphatic carbocycles. The molecule has 0 aliphatic rings. The number of ether oxygens (including phenoxy) is 1. The Labute approximate surface area is 235 Å². The second-order valence-electron chi connectivity index (χ2n) is 10.0. The third-order valence-corrected chi connectivity index (χ3v) is 7.07. The summed E-state index contributed by atoms with van der Waals surface area (Å²) in [5, 5.41) is 3.70. The fourth-order valence-corrected chi connectivity index (χ4v) is 5.01. The average Bonchev–Trinajstić information content (AvgIpc) is 3.34. The fraction of sp³-hybridized carbons (Fsp3) is 0.290. The van der Waals surface area contributed by atoms with Crippen molar-refractivity contribution in [1.29, 1.82) is 0 Å². The molecule has 9 heteroatoms. The van der Waals surface area contributed by atoms with Crippen molar-refractivity contribution in [2.75, 3.05) is 13.7 Å². The third-order valence-electron chi connectivity index (χ3n) is 6.76. The SMILES string of the molecule is COC(=O)CCNC(=O)c1ccc([C@H](CC(C)C)n2ccc3cc(-c4ccc(C(F)(F)F)cc4Cl)ccc32)cc1. The number of halogens is 4. The van der Waals surface area contributed by atoms with E-state index < -0.39 is 11.7 Å². The van der Waals surface area contributed by atoms with Gasteiger partial charge in [0.05, 0.1) is 25.1 Å². The molecule has 0 aliphatic heterocycles. The number of nitrogens with zero attached hydrogens (tertiary/aromatic N) is 1. The minimum atomic E-state index is -4.46. The molecule has 1 N–H and O–H groups in total. The summed E-state index contributed by atoms with van der Waals surface area (Å²) >= 11 is 6.24. The fourth-order valence-electron chi connectivity index (χ4n) is 4.72. The van der Waals surface area contributed by atoms with Crippen LogP contribution in [0.3, 0.4) is 0 Å². The van der Waals surface area contributed by atoms with Crippen LogP contribution in [0.1, 0.15) is 54.2 Å². The zero-order valence-corrected chi connectivity index (χ0v) is 23.1. The van der Waals surface area contributed by atoms with Crippen LogP contribution in [0.15, 0.2) is 72.9 Å². The number of esters is 1. The molecule has 1 amide bonds. The summed E-state index contributed by atoms with van der Waals surface area (Å²) in [6.45, 7) is 4.48. The summed E-state index contributed by atoms with van der Waals surface area (Å²) < 4.78 is 46.0. The molecule has 0 saturated carbocycles. The molecule has 4 rings (SSSR count). The van der Waals surface area contributed by atoms with Crippen LogP contribution < -0.4 is 5.32 Å². The van der Waals surface area contributed by atoms with Gasteiger partial charge in [-0.25, -0.2) is 0 Å². The lowest BCUT2D eigenvalue weighted by molar-refractivity contribution is -0.140. The van der Waals surface area contributed by atoms with Gasteiger partial charge in [0.15, 0.2) is 0 Å². The number of rotatable bonds is 9. The van der Waals surface area contributed by atoms with E-state index in [1.807, 2.05) is 42.6 Å². The molecular weight excluding hydrogens is 541 g/mol. The molecule has 0 bridgehead atoms. The Morgan fingerprint density at radius 3 is 2.35 bits per heavy atom. The molecule has 0 saturated heterocycles. The van der Waals surface area contributed by atoms with Gasteiger partial charge in [-0.15, -0.1) is 0 Å². The molecule has 40 heavy (non-hydrogen) atoms. The topological polar surface area (TPSA) is 60.3 Å². The summed E-state index contributed by atoms with van der Waals surface area (Å²) in [6.07, 6.45) is -1.50. The Kier molecular flexibility index (Phi) is 8.88. The number of carbonyl (C=O) groups is 2. The first-order chi connectivity index (χ1) is 19.0. The van der Waals surface area contributed by atoms with Crippen molar-refractivity contribution in [3.63, 3.8) is 0 Å². The predicted molar refractivity (Wildman–Crippen MR) is 150 cm³/mol. The van der Waals surface area contributed by atoms with Gasteiger partial charge in [-0.1, -0.05) is 49.7 Å². The molecule has 0 radical (unpaired) electrons. The van der Waals surface area contributed by atoms with Crippen LogP contribution in [-0.2, 0) is 15.7 Å². The van der Waals surface area contributed by atoms with Gasteiger partial charge in [0.1, 0.15) is 0 Å². The third kappa shape index (κ3) is 6.67. The van der Waals surface area contributed by atoms with Crippen molar-refractivity contribution in [2.24, 2.45) is 5.92 Å². The predicted octanol–water partition coefficient (Wildman–Crippen LogP) is 7.91. The summed E-state index contributed by atoms with van der Waals surface area (Å²) in [4.78, 5) is 23.8. The van der Waals surface area contributed by atoms with Gasteiger partial charge >= 0.3 is 12.1 Å². The molecular formula is C31H30ClF3N2O3. The first-order valence-electron chi connectivity index (χ1n) is 12.9. The molecule has 3 aromatic carbocycles. The number of benzene rings is 3.